The van der Waals surface area contributed by atoms with Gasteiger partial charge >= 0.3 is 6.09 Å². The number of phenolic OH excluding ortho intramolecular Hbond substituents is 1. The van der Waals surface area contributed by atoms with E-state index in [4.69, 9.17) is 14.7 Å². The van der Waals surface area contributed by atoms with Gasteiger partial charge in [-0.15, -0.1) is 0 Å². The molecule has 1 aromatic heterocycles. The van der Waals surface area contributed by atoms with E-state index in [1.54, 1.807) is 12.1 Å². The molecule has 35 heavy (non-hydrogen) atoms. The van der Waals surface area contributed by atoms with Crippen molar-refractivity contribution in [1.29, 1.82) is 0 Å². The molecule has 4 aromatic rings. The summed E-state index contributed by atoms with van der Waals surface area (Å²) in [7, 11) is 0. The third-order valence-electron chi connectivity index (χ3n) is 6.31. The minimum Gasteiger partial charge on any atom is -0.507 e. The molecule has 1 aliphatic rings. The summed E-state index contributed by atoms with van der Waals surface area (Å²) in [6.07, 6.45) is 0.527. The first-order valence-corrected chi connectivity index (χ1v) is 11.8. The van der Waals surface area contributed by atoms with Gasteiger partial charge in [0.2, 0.25) is 0 Å². The standard InChI is InChI=1S/C28H28N4O3.2H2/c1-19-11-12-22-24(15-19)30-26(23-9-5-6-10-25(23)33)31-27(22)32-14-13-21(17-32)16-29-28(34)35-18-20-7-3-2-4-8-20;;/h2-12,15,21,33H,13-14,16-18H2,1H3,(H,29,34);2*1H/t21-;;/m1../s1. The number of aromatic hydroxyl groups is 1. The van der Waals surface area contributed by atoms with Gasteiger partial charge in [-0.05, 0) is 54.7 Å². The summed E-state index contributed by atoms with van der Waals surface area (Å²) in [4.78, 5) is 24.0. The number of carbonyl (C=O) groups excluding carboxylic acids is 1. The zero-order valence-corrected chi connectivity index (χ0v) is 19.6. The number of carbonyl (C=O) groups is 1. The van der Waals surface area contributed by atoms with Crippen molar-refractivity contribution < 1.29 is 17.5 Å². The van der Waals surface area contributed by atoms with E-state index in [0.717, 1.165) is 47.4 Å². The smallest absolute Gasteiger partial charge is 0.407 e. The molecule has 1 atom stereocenters. The van der Waals surface area contributed by atoms with Gasteiger partial charge in [-0.1, -0.05) is 48.5 Å². The van der Waals surface area contributed by atoms with Crippen LogP contribution in [0.5, 0.6) is 5.75 Å². The lowest BCUT2D eigenvalue weighted by Crippen LogP contribution is -2.31. The summed E-state index contributed by atoms with van der Waals surface area (Å²) in [5, 5.41) is 14.3. The first kappa shape index (κ1) is 22.7. The molecule has 2 heterocycles. The molecule has 0 bridgehead atoms. The van der Waals surface area contributed by atoms with E-state index in [9.17, 15) is 9.90 Å². The molecule has 0 radical (unpaired) electrons. The number of benzene rings is 3. The molecule has 7 nitrogen and oxygen atoms in total. The fourth-order valence-corrected chi connectivity index (χ4v) is 4.44. The molecule has 1 aliphatic heterocycles. The molecular formula is C28H32N4O3. The Kier molecular flexibility index (Phi) is 6.48. The number of hydrogen-bond acceptors (Lipinski definition) is 6. The average Bonchev–Trinajstić information content (AvgIpc) is 3.35. The highest BCUT2D eigenvalue weighted by molar-refractivity contribution is 5.92. The van der Waals surface area contributed by atoms with Gasteiger partial charge in [-0.2, -0.15) is 0 Å². The van der Waals surface area contributed by atoms with Crippen molar-refractivity contribution in [2.45, 2.75) is 20.0 Å². The largest absolute Gasteiger partial charge is 0.507 e. The van der Waals surface area contributed by atoms with Crippen LogP contribution in [0.1, 0.15) is 20.4 Å². The Balaban J connectivity index is 0.00000190. The maximum absolute atomic E-state index is 12.2. The second-order valence-electron chi connectivity index (χ2n) is 8.95. The lowest BCUT2D eigenvalue weighted by atomic mass is 10.1. The summed E-state index contributed by atoms with van der Waals surface area (Å²) in [5.41, 5.74) is 3.53. The van der Waals surface area contributed by atoms with Crippen molar-refractivity contribution in [1.82, 2.24) is 15.3 Å². The van der Waals surface area contributed by atoms with Gasteiger partial charge < -0.3 is 20.1 Å². The van der Waals surface area contributed by atoms with E-state index < -0.39 is 6.09 Å². The number of para-hydroxylation sites is 1. The molecule has 1 fully saturated rings. The summed E-state index contributed by atoms with van der Waals surface area (Å²) < 4.78 is 5.34. The second-order valence-corrected chi connectivity index (χ2v) is 8.95. The SMILES string of the molecule is Cc1ccc2c(N3CC[C@H](CNC(=O)OCc4ccccc4)C3)nc(-c3ccccc3O)nc2c1.[HH].[HH]. The van der Waals surface area contributed by atoms with E-state index in [2.05, 4.69) is 22.3 Å². The number of fused-ring (bicyclic) bond motifs is 1. The van der Waals surface area contributed by atoms with Crippen molar-refractivity contribution in [3.05, 3.63) is 83.9 Å². The molecule has 0 aliphatic carbocycles. The van der Waals surface area contributed by atoms with Crippen LogP contribution in [0, 0.1) is 12.8 Å². The molecule has 1 saturated heterocycles. The number of nitrogens with one attached hydrogen (secondary N) is 1. The highest BCUT2D eigenvalue weighted by Gasteiger charge is 2.26. The van der Waals surface area contributed by atoms with E-state index in [-0.39, 0.29) is 21.1 Å². The molecule has 1 amide bonds. The lowest BCUT2D eigenvalue weighted by molar-refractivity contribution is 0.138. The number of phenols is 1. The number of hydrogen-bond donors (Lipinski definition) is 2. The molecule has 0 saturated carbocycles. The van der Waals surface area contributed by atoms with Crippen LogP contribution in [-0.2, 0) is 11.3 Å². The number of anilines is 1. The van der Waals surface area contributed by atoms with Gasteiger partial charge in [0.1, 0.15) is 18.2 Å². The van der Waals surface area contributed by atoms with Gasteiger partial charge in [0.05, 0.1) is 11.1 Å². The quantitative estimate of drug-likeness (QED) is 0.382. The number of amides is 1. The lowest BCUT2D eigenvalue weighted by Gasteiger charge is -2.21. The van der Waals surface area contributed by atoms with Gasteiger partial charge in [-0.25, -0.2) is 14.8 Å². The Morgan fingerprint density at radius 2 is 1.91 bits per heavy atom. The molecule has 2 N–H and O–H groups in total. The number of rotatable bonds is 6. The van der Waals surface area contributed by atoms with Crippen LogP contribution in [0.15, 0.2) is 72.8 Å². The minimum atomic E-state index is -0.405. The number of alkyl carbamates (subject to hydrolysis) is 1. The van der Waals surface area contributed by atoms with Gasteiger partial charge in [0, 0.05) is 27.9 Å². The molecule has 0 spiro atoms. The zero-order chi connectivity index (χ0) is 24.2. The van der Waals surface area contributed by atoms with Crippen molar-refractivity contribution in [3.8, 4) is 17.1 Å². The Bertz CT molecular complexity index is 1350. The van der Waals surface area contributed by atoms with E-state index in [1.165, 1.54) is 0 Å². The molecule has 5 rings (SSSR count). The van der Waals surface area contributed by atoms with Crippen LogP contribution in [0.4, 0.5) is 10.6 Å². The van der Waals surface area contributed by atoms with Crippen molar-refractivity contribution in [2.75, 3.05) is 24.5 Å². The summed E-state index contributed by atoms with van der Waals surface area (Å²) in [5.74, 6) is 1.79. The van der Waals surface area contributed by atoms with Crippen LogP contribution >= 0.6 is 0 Å². The third kappa shape index (κ3) is 5.19. The molecule has 182 valence electrons. The second kappa shape index (κ2) is 10.0. The van der Waals surface area contributed by atoms with Crippen LogP contribution in [0.3, 0.4) is 0 Å². The van der Waals surface area contributed by atoms with Crippen molar-refractivity contribution >= 4 is 22.8 Å². The molecule has 7 heteroatoms. The minimum absolute atomic E-state index is 0. The summed E-state index contributed by atoms with van der Waals surface area (Å²) >= 11 is 0. The molecule has 3 aromatic carbocycles. The van der Waals surface area contributed by atoms with Gasteiger partial charge in [0.25, 0.3) is 0 Å². The predicted octanol–water partition coefficient (Wildman–Crippen LogP) is 5.56. The average molecular weight is 473 g/mol. The van der Waals surface area contributed by atoms with Gasteiger partial charge in [0.15, 0.2) is 5.82 Å². The Labute approximate surface area is 207 Å². The Hall–Kier alpha value is -4.13. The highest BCUT2D eigenvalue weighted by atomic mass is 16.5. The van der Waals surface area contributed by atoms with Crippen LogP contribution in [0.25, 0.3) is 22.3 Å². The molecule has 0 unspecified atom stereocenters. The van der Waals surface area contributed by atoms with Crippen LogP contribution in [-0.4, -0.2) is 40.8 Å². The topological polar surface area (TPSA) is 87.6 Å². The van der Waals surface area contributed by atoms with E-state index >= 15 is 0 Å². The van der Waals surface area contributed by atoms with E-state index in [0.29, 0.717) is 17.9 Å². The normalized spacial score (nSPS) is 15.3. The molecular weight excluding hydrogens is 440 g/mol. The number of aryl methyl sites for hydroxylation is 1. The first-order valence-electron chi connectivity index (χ1n) is 11.8. The fraction of sp³-hybridized carbons (Fsp3) is 0.250. The monoisotopic (exact) mass is 472 g/mol. The summed E-state index contributed by atoms with van der Waals surface area (Å²) in [6.45, 7) is 4.42. The summed E-state index contributed by atoms with van der Waals surface area (Å²) in [6, 6.07) is 22.9. The maximum Gasteiger partial charge on any atom is 0.407 e. The van der Waals surface area contributed by atoms with Crippen molar-refractivity contribution in [2.24, 2.45) is 5.92 Å². The predicted molar refractivity (Wildman–Crippen MR) is 141 cm³/mol. The van der Waals surface area contributed by atoms with Gasteiger partial charge in [-0.3, -0.25) is 0 Å². The third-order valence-corrected chi connectivity index (χ3v) is 6.31. The highest BCUT2D eigenvalue weighted by Crippen LogP contribution is 2.33. The maximum atomic E-state index is 12.2. The Morgan fingerprint density at radius 1 is 1.11 bits per heavy atom. The Morgan fingerprint density at radius 3 is 2.74 bits per heavy atom. The number of nitrogens with zero attached hydrogens (tertiary/aromatic N) is 3. The van der Waals surface area contributed by atoms with Crippen LogP contribution < -0.4 is 10.2 Å². The van der Waals surface area contributed by atoms with Crippen LogP contribution in [0.2, 0.25) is 0 Å². The first-order chi connectivity index (χ1) is 17.1. The van der Waals surface area contributed by atoms with Crippen molar-refractivity contribution in [3.63, 3.8) is 0 Å². The number of aromatic nitrogens is 2. The zero-order valence-electron chi connectivity index (χ0n) is 19.6. The number of ether oxygens (including phenoxy) is 1. The fourth-order valence-electron chi connectivity index (χ4n) is 4.44. The van der Waals surface area contributed by atoms with E-state index in [1.807, 2.05) is 55.5 Å².